The molecule has 1 N–H and O–H groups in total. The Labute approximate surface area is 138 Å². The van der Waals surface area contributed by atoms with Crippen molar-refractivity contribution in [3.8, 4) is 0 Å². The zero-order chi connectivity index (χ0) is 17.1. The van der Waals surface area contributed by atoms with Crippen molar-refractivity contribution in [1.82, 2.24) is 9.88 Å². The number of Topliss-reactive ketones (excluding diaryl/α,β-unsaturated/α-hetero) is 1. The summed E-state index contributed by atoms with van der Waals surface area (Å²) in [5.41, 5.74) is 2.43. The lowest BCUT2D eigenvalue weighted by molar-refractivity contribution is 0.0525. The largest absolute Gasteiger partial charge is 0.462 e. The number of ketones is 1. The van der Waals surface area contributed by atoms with Crippen molar-refractivity contribution >= 4 is 11.8 Å². The predicted octanol–water partition coefficient (Wildman–Crippen LogP) is 2.97. The Kier molecular flexibility index (Phi) is 5.63. The zero-order valence-corrected chi connectivity index (χ0v) is 14.9. The molecule has 0 aromatic carbocycles. The van der Waals surface area contributed by atoms with Gasteiger partial charge in [-0.25, -0.2) is 4.79 Å². The second-order valence-corrected chi connectivity index (χ2v) is 6.91. The fraction of sp³-hybridized carbons (Fsp3) is 0.667. The summed E-state index contributed by atoms with van der Waals surface area (Å²) in [7, 11) is 0. The maximum Gasteiger partial charge on any atom is 0.340 e. The van der Waals surface area contributed by atoms with Gasteiger partial charge in [0.15, 0.2) is 5.78 Å². The third-order valence-corrected chi connectivity index (χ3v) is 4.51. The molecule has 0 unspecified atom stereocenters. The highest BCUT2D eigenvalue weighted by Crippen LogP contribution is 2.23. The molecule has 1 aliphatic rings. The van der Waals surface area contributed by atoms with Crippen molar-refractivity contribution in [1.29, 1.82) is 0 Å². The van der Waals surface area contributed by atoms with Crippen LogP contribution < -0.4 is 0 Å². The number of carbonyl (C=O) groups excluding carboxylic acids is 2. The first-order valence-corrected chi connectivity index (χ1v) is 8.45. The van der Waals surface area contributed by atoms with Crippen molar-refractivity contribution in [3.05, 3.63) is 22.5 Å². The van der Waals surface area contributed by atoms with Crippen molar-refractivity contribution in [2.45, 2.75) is 41.0 Å². The topological polar surface area (TPSA) is 62.4 Å². The molecule has 0 bridgehead atoms. The third-order valence-electron chi connectivity index (χ3n) is 4.51. The van der Waals surface area contributed by atoms with Gasteiger partial charge in [0.25, 0.3) is 0 Å². The Morgan fingerprint density at radius 1 is 1.22 bits per heavy atom. The standard InChI is InChI=1S/C18H28N2O3/c1-6-23-18(22)16-13(4)17(19-14(16)5)15(21)10-20-8-11(2)7-12(3)9-20/h11-12,19H,6-10H2,1-5H3/t11-,12-/m1/s1. The van der Waals surface area contributed by atoms with E-state index in [2.05, 4.69) is 23.7 Å². The summed E-state index contributed by atoms with van der Waals surface area (Å²) in [6.45, 7) is 12.5. The van der Waals surface area contributed by atoms with Gasteiger partial charge in [0.2, 0.25) is 0 Å². The van der Waals surface area contributed by atoms with E-state index in [-0.39, 0.29) is 11.8 Å². The van der Waals surface area contributed by atoms with Crippen LogP contribution in [0, 0.1) is 25.7 Å². The van der Waals surface area contributed by atoms with Crippen molar-refractivity contribution < 1.29 is 14.3 Å². The molecule has 1 aromatic heterocycles. The quantitative estimate of drug-likeness (QED) is 0.669. The predicted molar refractivity (Wildman–Crippen MR) is 89.9 cm³/mol. The number of hydrogen-bond donors (Lipinski definition) is 1. The van der Waals surface area contributed by atoms with Gasteiger partial charge in [-0.05, 0) is 44.6 Å². The SMILES string of the molecule is CCOC(=O)c1c(C)[nH]c(C(=O)CN2C[C@H](C)C[C@@H](C)C2)c1C. The summed E-state index contributed by atoms with van der Waals surface area (Å²) < 4.78 is 5.08. The first-order chi connectivity index (χ1) is 10.8. The number of ether oxygens (including phenoxy) is 1. The number of aromatic amines is 1. The average Bonchev–Trinajstić information content (AvgIpc) is 2.73. The molecule has 0 radical (unpaired) electrons. The van der Waals surface area contributed by atoms with E-state index >= 15 is 0 Å². The van der Waals surface area contributed by atoms with Crippen molar-refractivity contribution in [2.75, 3.05) is 26.2 Å². The van der Waals surface area contributed by atoms with E-state index in [9.17, 15) is 9.59 Å². The summed E-state index contributed by atoms with van der Waals surface area (Å²) in [4.78, 5) is 30.0. The maximum atomic E-state index is 12.7. The number of esters is 1. The fourth-order valence-corrected chi connectivity index (χ4v) is 3.74. The summed E-state index contributed by atoms with van der Waals surface area (Å²) in [6.07, 6.45) is 1.22. The number of carbonyl (C=O) groups is 2. The van der Waals surface area contributed by atoms with Gasteiger partial charge in [-0.2, -0.15) is 0 Å². The lowest BCUT2D eigenvalue weighted by Crippen LogP contribution is -2.41. The number of aryl methyl sites for hydroxylation is 1. The van der Waals surface area contributed by atoms with E-state index in [1.165, 1.54) is 6.42 Å². The average molecular weight is 320 g/mol. The molecule has 5 heteroatoms. The third kappa shape index (κ3) is 4.02. The highest BCUT2D eigenvalue weighted by atomic mass is 16.5. The summed E-state index contributed by atoms with van der Waals surface area (Å²) >= 11 is 0. The van der Waals surface area contributed by atoms with Crippen LogP contribution in [0.15, 0.2) is 0 Å². The van der Waals surface area contributed by atoms with Gasteiger partial charge in [0, 0.05) is 18.8 Å². The minimum absolute atomic E-state index is 0.0439. The molecule has 2 rings (SSSR count). The number of H-pyrrole nitrogens is 1. The zero-order valence-electron chi connectivity index (χ0n) is 14.9. The van der Waals surface area contributed by atoms with E-state index < -0.39 is 0 Å². The molecule has 5 nitrogen and oxygen atoms in total. The van der Waals surface area contributed by atoms with Crippen LogP contribution in [-0.4, -0.2) is 47.9 Å². The highest BCUT2D eigenvalue weighted by Gasteiger charge is 2.27. The molecule has 2 atom stereocenters. The van der Waals surface area contributed by atoms with Crippen molar-refractivity contribution in [2.24, 2.45) is 11.8 Å². The Hall–Kier alpha value is -1.62. The van der Waals surface area contributed by atoms with Crippen LogP contribution in [-0.2, 0) is 4.74 Å². The van der Waals surface area contributed by atoms with Gasteiger partial charge in [-0.3, -0.25) is 9.69 Å². The number of likely N-dealkylation sites (tertiary alicyclic amines) is 1. The molecule has 1 saturated heterocycles. The van der Waals surface area contributed by atoms with Crippen LogP contribution in [0.3, 0.4) is 0 Å². The molecule has 128 valence electrons. The van der Waals surface area contributed by atoms with Crippen LogP contribution in [0.25, 0.3) is 0 Å². The van der Waals surface area contributed by atoms with Crippen LogP contribution in [0.5, 0.6) is 0 Å². The minimum Gasteiger partial charge on any atom is -0.462 e. The second kappa shape index (κ2) is 7.30. The summed E-state index contributed by atoms with van der Waals surface area (Å²) in [5, 5.41) is 0. The van der Waals surface area contributed by atoms with Crippen LogP contribution in [0.1, 0.15) is 59.3 Å². The molecule has 0 spiro atoms. The van der Waals surface area contributed by atoms with Gasteiger partial charge in [0.1, 0.15) is 0 Å². The number of piperidine rings is 1. The Morgan fingerprint density at radius 2 is 1.83 bits per heavy atom. The molecule has 0 amide bonds. The minimum atomic E-state index is -0.363. The van der Waals surface area contributed by atoms with E-state index in [1.807, 2.05) is 6.92 Å². The van der Waals surface area contributed by atoms with Crippen LogP contribution in [0.2, 0.25) is 0 Å². The van der Waals surface area contributed by atoms with E-state index in [1.54, 1.807) is 13.8 Å². The molecular weight excluding hydrogens is 292 g/mol. The molecule has 1 aliphatic heterocycles. The first kappa shape index (κ1) is 17.7. The Bertz CT molecular complexity index is 581. The van der Waals surface area contributed by atoms with Crippen LogP contribution >= 0.6 is 0 Å². The molecule has 1 fully saturated rings. The van der Waals surface area contributed by atoms with Gasteiger partial charge in [-0.1, -0.05) is 13.8 Å². The Morgan fingerprint density at radius 3 is 2.39 bits per heavy atom. The van der Waals surface area contributed by atoms with E-state index in [4.69, 9.17) is 4.74 Å². The highest BCUT2D eigenvalue weighted by molar-refractivity contribution is 6.02. The van der Waals surface area contributed by atoms with Gasteiger partial charge >= 0.3 is 5.97 Å². The molecular formula is C18H28N2O3. The molecule has 0 saturated carbocycles. The lowest BCUT2D eigenvalue weighted by Gasteiger charge is -2.34. The number of hydrogen-bond acceptors (Lipinski definition) is 4. The second-order valence-electron chi connectivity index (χ2n) is 6.91. The summed E-state index contributed by atoms with van der Waals surface area (Å²) in [6, 6.07) is 0. The molecule has 1 aromatic rings. The monoisotopic (exact) mass is 320 g/mol. The summed E-state index contributed by atoms with van der Waals surface area (Å²) in [5.74, 6) is 0.918. The number of aromatic nitrogens is 1. The van der Waals surface area contributed by atoms with Gasteiger partial charge in [0.05, 0.1) is 24.4 Å². The molecule has 23 heavy (non-hydrogen) atoms. The maximum absolute atomic E-state index is 12.7. The number of nitrogens with one attached hydrogen (secondary N) is 1. The first-order valence-electron chi connectivity index (χ1n) is 8.45. The molecule has 0 aliphatic carbocycles. The van der Waals surface area contributed by atoms with E-state index in [0.717, 1.165) is 13.1 Å². The van der Waals surface area contributed by atoms with Gasteiger partial charge in [-0.15, -0.1) is 0 Å². The molecule has 2 heterocycles. The fourth-order valence-electron chi connectivity index (χ4n) is 3.74. The van der Waals surface area contributed by atoms with E-state index in [0.29, 0.717) is 47.5 Å². The lowest BCUT2D eigenvalue weighted by atomic mass is 9.91. The smallest absolute Gasteiger partial charge is 0.340 e. The van der Waals surface area contributed by atoms with Crippen molar-refractivity contribution in [3.63, 3.8) is 0 Å². The van der Waals surface area contributed by atoms with Crippen LogP contribution in [0.4, 0.5) is 0 Å². The van der Waals surface area contributed by atoms with Gasteiger partial charge < -0.3 is 9.72 Å². The number of rotatable bonds is 5. The number of nitrogens with zero attached hydrogens (tertiary/aromatic N) is 1. The Balaban J connectivity index is 2.14. The normalized spacial score (nSPS) is 22.1.